The number of nitrogens with two attached hydrogens (primary N) is 2. The van der Waals surface area contributed by atoms with Crippen LogP contribution >= 0.6 is 0 Å². The van der Waals surface area contributed by atoms with Crippen LogP contribution in [0.2, 0.25) is 0 Å². The molecule has 1 aromatic rings. The summed E-state index contributed by atoms with van der Waals surface area (Å²) in [7, 11) is 1.93. The Bertz CT molecular complexity index is 458. The molecule has 4 N–H and O–H groups in total. The number of benzene rings is 1. The van der Waals surface area contributed by atoms with E-state index in [1.165, 1.54) is 12.8 Å². The van der Waals surface area contributed by atoms with Gasteiger partial charge in [0.25, 0.3) is 5.91 Å². The third-order valence-corrected chi connectivity index (χ3v) is 3.38. The summed E-state index contributed by atoms with van der Waals surface area (Å²) in [5, 5.41) is 0. The van der Waals surface area contributed by atoms with E-state index < -0.39 is 5.91 Å². The lowest BCUT2D eigenvalue weighted by molar-refractivity contribution is 0.100. The predicted molar refractivity (Wildman–Crippen MR) is 76.2 cm³/mol. The lowest BCUT2D eigenvalue weighted by atomic mass is 10.1. The van der Waals surface area contributed by atoms with Crippen LogP contribution < -0.4 is 16.4 Å². The minimum Gasteiger partial charge on any atom is -0.396 e. The lowest BCUT2D eigenvalue weighted by Gasteiger charge is -2.22. The quantitative estimate of drug-likeness (QED) is 0.572. The fraction of sp³-hybridized carbons (Fsp3) is 0.500. The van der Waals surface area contributed by atoms with Crippen molar-refractivity contribution in [2.24, 2.45) is 11.7 Å². The van der Waals surface area contributed by atoms with E-state index in [1.54, 1.807) is 12.1 Å². The van der Waals surface area contributed by atoms with E-state index in [1.807, 2.05) is 18.0 Å². The van der Waals surface area contributed by atoms with Crippen LogP contribution in [-0.4, -0.2) is 32.7 Å². The van der Waals surface area contributed by atoms with Crippen LogP contribution in [0.4, 0.5) is 11.4 Å². The third kappa shape index (κ3) is 3.61. The number of anilines is 2. The van der Waals surface area contributed by atoms with Gasteiger partial charge in [-0.05, 0) is 30.9 Å². The second-order valence-corrected chi connectivity index (χ2v) is 5.04. The first kappa shape index (κ1) is 13.7. The van der Waals surface area contributed by atoms with E-state index >= 15 is 0 Å². The van der Waals surface area contributed by atoms with Crippen molar-refractivity contribution >= 4 is 17.3 Å². The molecule has 1 aliphatic rings. The molecule has 0 heterocycles. The van der Waals surface area contributed by atoms with Crippen LogP contribution in [-0.2, 0) is 4.74 Å². The molecule has 1 fully saturated rings. The lowest BCUT2D eigenvalue weighted by Crippen LogP contribution is -2.25. The molecule has 1 aromatic carbocycles. The minimum atomic E-state index is -0.502. The smallest absolute Gasteiger partial charge is 0.250 e. The summed E-state index contributed by atoms with van der Waals surface area (Å²) < 4.78 is 5.59. The molecule has 0 spiro atoms. The van der Waals surface area contributed by atoms with Gasteiger partial charge in [-0.3, -0.25) is 4.79 Å². The number of para-hydroxylation sites is 1. The first-order chi connectivity index (χ1) is 9.09. The van der Waals surface area contributed by atoms with E-state index in [2.05, 4.69) is 0 Å². The van der Waals surface area contributed by atoms with Crippen molar-refractivity contribution in [2.45, 2.75) is 12.8 Å². The van der Waals surface area contributed by atoms with E-state index in [0.29, 0.717) is 17.9 Å². The fourth-order valence-electron chi connectivity index (χ4n) is 1.96. The number of hydrogen-bond acceptors (Lipinski definition) is 4. The van der Waals surface area contributed by atoms with Crippen molar-refractivity contribution in [1.29, 1.82) is 0 Å². The van der Waals surface area contributed by atoms with E-state index in [4.69, 9.17) is 16.2 Å². The standard InChI is InChI=1S/C14H21N3O2/c1-17(7-8-19-9-10-5-6-10)12-4-2-3-11(13(12)15)14(16)18/h2-4,10H,5-9,15H2,1H3,(H2,16,18). The van der Waals surface area contributed by atoms with Gasteiger partial charge in [0, 0.05) is 20.2 Å². The molecule has 0 aliphatic heterocycles. The average Bonchev–Trinajstić information content (AvgIpc) is 3.18. The molecule has 1 amide bonds. The van der Waals surface area contributed by atoms with E-state index in [0.717, 1.165) is 24.8 Å². The van der Waals surface area contributed by atoms with Gasteiger partial charge in [0.15, 0.2) is 0 Å². The molecule has 2 rings (SSSR count). The Morgan fingerprint density at radius 2 is 2.21 bits per heavy atom. The number of carbonyl (C=O) groups is 1. The molecule has 5 nitrogen and oxygen atoms in total. The second-order valence-electron chi connectivity index (χ2n) is 5.04. The van der Waals surface area contributed by atoms with Gasteiger partial charge in [0.2, 0.25) is 0 Å². The molecule has 1 aliphatic carbocycles. The number of nitrogen functional groups attached to an aromatic ring is 1. The second kappa shape index (κ2) is 5.93. The van der Waals surface area contributed by atoms with Crippen LogP contribution in [0, 0.1) is 5.92 Å². The fourth-order valence-corrected chi connectivity index (χ4v) is 1.96. The maximum absolute atomic E-state index is 11.2. The van der Waals surface area contributed by atoms with Crippen LogP contribution in [0.5, 0.6) is 0 Å². The van der Waals surface area contributed by atoms with Gasteiger partial charge in [0.05, 0.1) is 23.5 Å². The summed E-state index contributed by atoms with van der Waals surface area (Å²) in [6.45, 7) is 2.25. The number of hydrogen-bond donors (Lipinski definition) is 2. The molecular formula is C14H21N3O2. The Kier molecular flexibility index (Phi) is 4.27. The maximum Gasteiger partial charge on any atom is 0.250 e. The zero-order valence-corrected chi connectivity index (χ0v) is 11.3. The summed E-state index contributed by atoms with van der Waals surface area (Å²) in [5.41, 5.74) is 12.9. The minimum absolute atomic E-state index is 0.364. The summed E-state index contributed by atoms with van der Waals surface area (Å²) >= 11 is 0. The van der Waals surface area contributed by atoms with Gasteiger partial charge in [-0.1, -0.05) is 6.07 Å². The van der Waals surface area contributed by atoms with E-state index in [9.17, 15) is 4.79 Å². The number of ether oxygens (including phenoxy) is 1. The summed E-state index contributed by atoms with van der Waals surface area (Å²) in [6.07, 6.45) is 2.59. The van der Waals surface area contributed by atoms with Crippen molar-refractivity contribution in [3.8, 4) is 0 Å². The highest BCUT2D eigenvalue weighted by atomic mass is 16.5. The van der Waals surface area contributed by atoms with Crippen LogP contribution in [0.25, 0.3) is 0 Å². The Hall–Kier alpha value is -1.75. The van der Waals surface area contributed by atoms with E-state index in [-0.39, 0.29) is 0 Å². The number of likely N-dealkylation sites (N-methyl/N-ethyl adjacent to an activating group) is 1. The van der Waals surface area contributed by atoms with Gasteiger partial charge < -0.3 is 21.1 Å². The van der Waals surface area contributed by atoms with Gasteiger partial charge >= 0.3 is 0 Å². The average molecular weight is 263 g/mol. The molecular weight excluding hydrogens is 242 g/mol. The van der Waals surface area contributed by atoms with Crippen molar-refractivity contribution in [2.75, 3.05) is 37.4 Å². The number of primary amides is 1. The highest BCUT2D eigenvalue weighted by molar-refractivity contribution is 6.00. The Morgan fingerprint density at radius 1 is 1.47 bits per heavy atom. The molecule has 0 aromatic heterocycles. The van der Waals surface area contributed by atoms with Gasteiger partial charge in [-0.25, -0.2) is 0 Å². The topological polar surface area (TPSA) is 81.6 Å². The van der Waals surface area contributed by atoms with Crippen LogP contribution in [0.1, 0.15) is 23.2 Å². The third-order valence-electron chi connectivity index (χ3n) is 3.38. The summed E-state index contributed by atoms with van der Waals surface area (Å²) in [6, 6.07) is 5.30. The molecule has 0 radical (unpaired) electrons. The number of rotatable bonds is 7. The molecule has 19 heavy (non-hydrogen) atoms. The molecule has 0 unspecified atom stereocenters. The Morgan fingerprint density at radius 3 is 2.84 bits per heavy atom. The van der Waals surface area contributed by atoms with Gasteiger partial charge in [-0.2, -0.15) is 0 Å². The largest absolute Gasteiger partial charge is 0.396 e. The first-order valence-corrected chi connectivity index (χ1v) is 6.56. The summed E-state index contributed by atoms with van der Waals surface area (Å²) in [4.78, 5) is 13.2. The summed E-state index contributed by atoms with van der Waals surface area (Å²) in [5.74, 6) is 0.270. The molecule has 1 saturated carbocycles. The SMILES string of the molecule is CN(CCOCC1CC1)c1cccc(C(N)=O)c1N. The monoisotopic (exact) mass is 263 g/mol. The molecule has 0 atom stereocenters. The van der Waals surface area contributed by atoms with Crippen LogP contribution in [0.3, 0.4) is 0 Å². The number of amides is 1. The Labute approximate surface area is 113 Å². The predicted octanol–water partition coefficient (Wildman–Crippen LogP) is 1.23. The zero-order valence-electron chi connectivity index (χ0n) is 11.3. The number of nitrogens with zero attached hydrogens (tertiary/aromatic N) is 1. The molecule has 5 heteroatoms. The highest BCUT2D eigenvalue weighted by Crippen LogP contribution is 2.29. The first-order valence-electron chi connectivity index (χ1n) is 6.56. The maximum atomic E-state index is 11.2. The highest BCUT2D eigenvalue weighted by Gasteiger charge is 2.21. The molecule has 104 valence electrons. The van der Waals surface area contributed by atoms with Crippen molar-refractivity contribution in [3.05, 3.63) is 23.8 Å². The molecule has 0 bridgehead atoms. The van der Waals surface area contributed by atoms with Gasteiger partial charge in [0.1, 0.15) is 0 Å². The van der Waals surface area contributed by atoms with Crippen molar-refractivity contribution in [3.63, 3.8) is 0 Å². The van der Waals surface area contributed by atoms with Crippen molar-refractivity contribution < 1.29 is 9.53 Å². The zero-order chi connectivity index (χ0) is 13.8. The Balaban J connectivity index is 1.91. The normalized spacial score (nSPS) is 14.4. The number of carbonyl (C=O) groups excluding carboxylic acids is 1. The van der Waals surface area contributed by atoms with Gasteiger partial charge in [-0.15, -0.1) is 0 Å². The van der Waals surface area contributed by atoms with Crippen LogP contribution in [0.15, 0.2) is 18.2 Å². The molecule has 0 saturated heterocycles. The van der Waals surface area contributed by atoms with Crippen molar-refractivity contribution in [1.82, 2.24) is 0 Å².